The highest BCUT2D eigenvalue weighted by atomic mass is 16.2. The minimum absolute atomic E-state index is 0.0114. The van der Waals surface area contributed by atoms with Gasteiger partial charge in [-0.3, -0.25) is 9.59 Å². The Hall–Kier alpha value is -1.84. The summed E-state index contributed by atoms with van der Waals surface area (Å²) in [4.78, 5) is 27.0. The van der Waals surface area contributed by atoms with E-state index in [0.29, 0.717) is 0 Å². The maximum absolute atomic E-state index is 12.6. The van der Waals surface area contributed by atoms with E-state index in [1.54, 1.807) is 0 Å². The molecule has 150 valence electrons. The maximum atomic E-state index is 12.6. The van der Waals surface area contributed by atoms with Gasteiger partial charge in [-0.15, -0.1) is 0 Å². The monoisotopic (exact) mass is 372 g/mol. The summed E-state index contributed by atoms with van der Waals surface area (Å²) in [6.07, 6.45) is 5.37. The van der Waals surface area contributed by atoms with E-state index >= 15 is 0 Å². The summed E-state index contributed by atoms with van der Waals surface area (Å²) in [6, 6.07) is 8.13. The van der Waals surface area contributed by atoms with Gasteiger partial charge < -0.3 is 10.2 Å². The quantitative estimate of drug-likeness (QED) is 0.765. The van der Waals surface area contributed by atoms with Crippen molar-refractivity contribution >= 4 is 17.5 Å². The second-order valence-corrected chi connectivity index (χ2v) is 8.98. The van der Waals surface area contributed by atoms with Gasteiger partial charge in [0.1, 0.15) is 0 Å². The van der Waals surface area contributed by atoms with Crippen LogP contribution in [0.4, 0.5) is 5.69 Å². The summed E-state index contributed by atoms with van der Waals surface area (Å²) in [5.41, 5.74) is 2.22. The molecule has 0 unspecified atom stereocenters. The molecule has 0 aliphatic heterocycles. The number of anilines is 1. The van der Waals surface area contributed by atoms with E-state index in [-0.39, 0.29) is 29.1 Å². The fourth-order valence-electron chi connectivity index (χ4n) is 3.72. The molecule has 0 spiro atoms. The topological polar surface area (TPSA) is 49.4 Å². The first-order valence-electron chi connectivity index (χ1n) is 10.4. The van der Waals surface area contributed by atoms with Gasteiger partial charge in [-0.2, -0.15) is 0 Å². The van der Waals surface area contributed by atoms with Gasteiger partial charge in [0.25, 0.3) is 0 Å². The second-order valence-electron chi connectivity index (χ2n) is 8.98. The number of hydrogen-bond donors (Lipinski definition) is 1. The van der Waals surface area contributed by atoms with Gasteiger partial charge in [-0.1, -0.05) is 46.2 Å². The molecule has 2 rings (SSSR count). The van der Waals surface area contributed by atoms with Crippen molar-refractivity contribution in [1.29, 1.82) is 0 Å². The molecule has 4 nitrogen and oxygen atoms in total. The van der Waals surface area contributed by atoms with Gasteiger partial charge in [-0.25, -0.2) is 0 Å². The first-order chi connectivity index (χ1) is 12.7. The molecule has 0 atom stereocenters. The number of carbonyl (C=O) groups is 2. The Morgan fingerprint density at radius 2 is 1.59 bits per heavy atom. The van der Waals surface area contributed by atoms with Gasteiger partial charge in [0.05, 0.1) is 0 Å². The highest BCUT2D eigenvalue weighted by molar-refractivity contribution is 5.92. The summed E-state index contributed by atoms with van der Waals surface area (Å²) in [6.45, 7) is 9.51. The summed E-state index contributed by atoms with van der Waals surface area (Å²) in [5, 5.41) is 3.05. The lowest BCUT2D eigenvalue weighted by Gasteiger charge is -2.30. The number of amides is 2. The lowest BCUT2D eigenvalue weighted by molar-refractivity contribution is -0.136. The van der Waals surface area contributed by atoms with Crippen molar-refractivity contribution in [1.82, 2.24) is 4.90 Å². The molecule has 1 aliphatic carbocycles. The third-order valence-electron chi connectivity index (χ3n) is 5.69. The number of nitrogens with one attached hydrogen (secondary N) is 1. The molecule has 1 saturated carbocycles. The Morgan fingerprint density at radius 3 is 2.11 bits per heavy atom. The molecule has 1 aliphatic rings. The zero-order chi connectivity index (χ0) is 20.0. The van der Waals surface area contributed by atoms with Crippen LogP contribution in [0.15, 0.2) is 24.3 Å². The molecular formula is C23H36N2O2. The van der Waals surface area contributed by atoms with E-state index in [1.165, 1.54) is 5.56 Å². The normalized spacial score (nSPS) is 20.2. The van der Waals surface area contributed by atoms with Crippen LogP contribution >= 0.6 is 0 Å². The van der Waals surface area contributed by atoms with Crippen molar-refractivity contribution in [2.45, 2.75) is 71.6 Å². The number of unbranched alkanes of at least 4 members (excludes halogenated alkanes) is 1. The standard InChI is InChI=1S/C23H36N2O2/c1-6-7-16-25(5)22(27)18-10-8-17(9-11-18)21(26)24-20-14-12-19(13-15-20)23(2,3)4/h12-15,17-18H,6-11,16H2,1-5H3,(H,24,26). The average molecular weight is 373 g/mol. The van der Waals surface area contributed by atoms with E-state index in [4.69, 9.17) is 0 Å². The van der Waals surface area contributed by atoms with Gasteiger partial charge in [0.15, 0.2) is 0 Å². The molecule has 1 fully saturated rings. The molecule has 1 N–H and O–H groups in total. The number of hydrogen-bond acceptors (Lipinski definition) is 2. The third kappa shape index (κ3) is 6.08. The van der Waals surface area contributed by atoms with Crippen molar-refractivity contribution in [3.63, 3.8) is 0 Å². The van der Waals surface area contributed by atoms with Crippen LogP contribution in [0.25, 0.3) is 0 Å². The zero-order valence-corrected chi connectivity index (χ0v) is 17.7. The van der Waals surface area contributed by atoms with Gasteiger partial charge in [-0.05, 0) is 55.2 Å². The van der Waals surface area contributed by atoms with Crippen molar-refractivity contribution in [3.8, 4) is 0 Å². The first kappa shape index (κ1) is 21.5. The molecule has 0 bridgehead atoms. The fraction of sp³-hybridized carbons (Fsp3) is 0.652. The minimum atomic E-state index is 0.0114. The van der Waals surface area contributed by atoms with Crippen molar-refractivity contribution in [3.05, 3.63) is 29.8 Å². The first-order valence-corrected chi connectivity index (χ1v) is 10.4. The molecule has 0 saturated heterocycles. The Kier molecular flexibility index (Phi) is 7.46. The lowest BCUT2D eigenvalue weighted by Crippen LogP contribution is -2.37. The highest BCUT2D eigenvalue weighted by Crippen LogP contribution is 2.31. The number of nitrogens with zero attached hydrogens (tertiary/aromatic N) is 1. The van der Waals surface area contributed by atoms with Crippen LogP contribution in [0.5, 0.6) is 0 Å². The molecule has 2 amide bonds. The largest absolute Gasteiger partial charge is 0.346 e. The Morgan fingerprint density at radius 1 is 1.04 bits per heavy atom. The minimum Gasteiger partial charge on any atom is -0.346 e. The van der Waals surface area contributed by atoms with Crippen LogP contribution in [0.2, 0.25) is 0 Å². The predicted molar refractivity (Wildman–Crippen MR) is 112 cm³/mol. The third-order valence-corrected chi connectivity index (χ3v) is 5.69. The number of rotatable bonds is 6. The van der Waals surface area contributed by atoms with Crippen LogP contribution in [-0.2, 0) is 15.0 Å². The van der Waals surface area contributed by atoms with Crippen LogP contribution in [0.1, 0.15) is 71.8 Å². The number of benzene rings is 1. The van der Waals surface area contributed by atoms with Crippen LogP contribution in [-0.4, -0.2) is 30.3 Å². The molecule has 1 aromatic rings. The highest BCUT2D eigenvalue weighted by Gasteiger charge is 2.31. The molecule has 27 heavy (non-hydrogen) atoms. The van der Waals surface area contributed by atoms with E-state index < -0.39 is 0 Å². The summed E-state index contributed by atoms with van der Waals surface area (Å²) in [5.74, 6) is 0.433. The van der Waals surface area contributed by atoms with Crippen molar-refractivity contribution in [2.75, 3.05) is 18.9 Å². The van der Waals surface area contributed by atoms with E-state index in [1.807, 2.05) is 24.1 Å². The Bertz CT molecular complexity index is 623. The van der Waals surface area contributed by atoms with Gasteiger partial charge in [0.2, 0.25) is 11.8 Å². The summed E-state index contributed by atoms with van der Waals surface area (Å²) >= 11 is 0. The Labute approximate surface area is 164 Å². The van der Waals surface area contributed by atoms with Crippen LogP contribution < -0.4 is 5.32 Å². The van der Waals surface area contributed by atoms with E-state index in [9.17, 15) is 9.59 Å². The van der Waals surface area contributed by atoms with Crippen LogP contribution in [0.3, 0.4) is 0 Å². The molecule has 0 aromatic heterocycles. The molecule has 0 radical (unpaired) electrons. The van der Waals surface area contributed by atoms with Crippen molar-refractivity contribution < 1.29 is 9.59 Å². The van der Waals surface area contributed by atoms with Gasteiger partial charge in [0, 0.05) is 31.1 Å². The van der Waals surface area contributed by atoms with Crippen molar-refractivity contribution in [2.24, 2.45) is 11.8 Å². The average Bonchev–Trinajstić information content (AvgIpc) is 2.65. The maximum Gasteiger partial charge on any atom is 0.227 e. The zero-order valence-electron chi connectivity index (χ0n) is 17.7. The lowest BCUT2D eigenvalue weighted by atomic mass is 9.81. The molecular weight excluding hydrogens is 336 g/mol. The Balaban J connectivity index is 1.83. The van der Waals surface area contributed by atoms with E-state index in [2.05, 4.69) is 45.1 Å². The fourth-order valence-corrected chi connectivity index (χ4v) is 3.72. The predicted octanol–water partition coefficient (Wildman–Crippen LogP) is 4.99. The van der Waals surface area contributed by atoms with Crippen LogP contribution in [0, 0.1) is 11.8 Å². The number of carbonyl (C=O) groups excluding carboxylic acids is 2. The van der Waals surface area contributed by atoms with E-state index in [0.717, 1.165) is 50.8 Å². The second kappa shape index (κ2) is 9.38. The SMILES string of the molecule is CCCCN(C)C(=O)C1CCC(C(=O)Nc2ccc(C(C)(C)C)cc2)CC1. The smallest absolute Gasteiger partial charge is 0.227 e. The summed E-state index contributed by atoms with van der Waals surface area (Å²) < 4.78 is 0. The molecule has 0 heterocycles. The summed E-state index contributed by atoms with van der Waals surface area (Å²) in [7, 11) is 1.90. The molecule has 1 aromatic carbocycles. The van der Waals surface area contributed by atoms with Gasteiger partial charge >= 0.3 is 0 Å². The molecule has 4 heteroatoms.